The van der Waals surface area contributed by atoms with Gasteiger partial charge in [-0.25, -0.2) is 0 Å². The van der Waals surface area contributed by atoms with Crippen LogP contribution >= 0.6 is 0 Å². The molecule has 4 atom stereocenters. The molecule has 5 N–H and O–H groups in total. The molecule has 6 nitrogen and oxygen atoms in total. The molecule has 0 aromatic carbocycles. The first-order valence-electron chi connectivity index (χ1n) is 10.3. The molecule has 0 aromatic rings. The second-order valence-electron chi connectivity index (χ2n) is 9.15. The van der Waals surface area contributed by atoms with Gasteiger partial charge in [0.2, 0.25) is 11.8 Å². The van der Waals surface area contributed by atoms with Crippen molar-refractivity contribution in [1.29, 1.82) is 0 Å². The zero-order chi connectivity index (χ0) is 18.9. The van der Waals surface area contributed by atoms with Gasteiger partial charge in [-0.3, -0.25) is 9.59 Å². The van der Waals surface area contributed by atoms with Crippen molar-refractivity contribution >= 4 is 11.8 Å². The van der Waals surface area contributed by atoms with Crippen molar-refractivity contribution in [3.8, 4) is 0 Å². The molecule has 3 rings (SSSR count). The highest BCUT2D eigenvalue weighted by Crippen LogP contribution is 2.51. The van der Waals surface area contributed by atoms with Crippen LogP contribution in [0.3, 0.4) is 0 Å². The van der Waals surface area contributed by atoms with Gasteiger partial charge in [-0.05, 0) is 48.9 Å². The Morgan fingerprint density at radius 1 is 1.23 bits per heavy atom. The summed E-state index contributed by atoms with van der Waals surface area (Å²) in [4.78, 5) is 24.3. The van der Waals surface area contributed by atoms with Crippen molar-refractivity contribution in [2.45, 2.75) is 83.4 Å². The van der Waals surface area contributed by atoms with Crippen LogP contribution in [0, 0.1) is 23.2 Å². The monoisotopic (exact) mass is 365 g/mol. The first kappa shape index (κ1) is 19.6. The summed E-state index contributed by atoms with van der Waals surface area (Å²) < 4.78 is 0. The number of nitrogens with one attached hydrogen (secondary N) is 2. The Hall–Kier alpha value is -1.14. The molecule has 1 heterocycles. The Labute approximate surface area is 156 Å². The molecule has 0 spiro atoms. The Bertz CT molecular complexity index is 530. The van der Waals surface area contributed by atoms with E-state index in [1.165, 1.54) is 25.7 Å². The van der Waals surface area contributed by atoms with Gasteiger partial charge in [0.25, 0.3) is 0 Å². The van der Waals surface area contributed by atoms with Crippen molar-refractivity contribution in [1.82, 2.24) is 10.6 Å². The summed E-state index contributed by atoms with van der Waals surface area (Å²) in [5.41, 5.74) is 5.48. The highest BCUT2D eigenvalue weighted by Gasteiger charge is 2.50. The van der Waals surface area contributed by atoms with Crippen LogP contribution < -0.4 is 16.4 Å². The predicted octanol–water partition coefficient (Wildman–Crippen LogP) is 1.31. The lowest BCUT2D eigenvalue weighted by atomic mass is 9.59. The Balaban J connectivity index is 1.62. The lowest BCUT2D eigenvalue weighted by Crippen LogP contribution is -2.54. The molecule has 2 unspecified atom stereocenters. The summed E-state index contributed by atoms with van der Waals surface area (Å²) in [5, 5.41) is 16.5. The molecule has 0 radical (unpaired) electrons. The molecule has 2 saturated carbocycles. The largest absolute Gasteiger partial charge is 0.381 e. The number of rotatable bonds is 8. The fraction of sp³-hybridized carbons (Fsp3) is 0.900. The summed E-state index contributed by atoms with van der Waals surface area (Å²) in [7, 11) is 0. The van der Waals surface area contributed by atoms with Gasteiger partial charge >= 0.3 is 0 Å². The average molecular weight is 366 g/mol. The number of carbonyl (C=O) groups is 2. The fourth-order valence-corrected chi connectivity index (χ4v) is 5.06. The van der Waals surface area contributed by atoms with Crippen LogP contribution in [0.1, 0.15) is 65.2 Å². The molecular formula is C20H35N3O3. The van der Waals surface area contributed by atoms with E-state index in [9.17, 15) is 14.7 Å². The number of hydrogen-bond acceptors (Lipinski definition) is 4. The van der Waals surface area contributed by atoms with Gasteiger partial charge in [0.1, 0.15) is 0 Å². The fourth-order valence-electron chi connectivity index (χ4n) is 5.06. The van der Waals surface area contributed by atoms with E-state index >= 15 is 0 Å². The van der Waals surface area contributed by atoms with E-state index in [2.05, 4.69) is 24.5 Å². The zero-order valence-corrected chi connectivity index (χ0v) is 16.2. The minimum atomic E-state index is -1.32. The minimum Gasteiger partial charge on any atom is -0.381 e. The molecule has 0 aromatic heterocycles. The number of aliphatic hydroxyl groups is 1. The summed E-state index contributed by atoms with van der Waals surface area (Å²) in [5.74, 6) is 0.835. The second kappa shape index (κ2) is 7.85. The van der Waals surface area contributed by atoms with Crippen LogP contribution in [0.5, 0.6) is 0 Å². The predicted molar refractivity (Wildman–Crippen MR) is 100 cm³/mol. The second-order valence-corrected chi connectivity index (χ2v) is 9.15. The third-order valence-electron chi connectivity index (χ3n) is 7.46. The third-order valence-corrected chi connectivity index (χ3v) is 7.46. The van der Waals surface area contributed by atoms with Crippen molar-refractivity contribution in [3.63, 3.8) is 0 Å². The quantitative estimate of drug-likeness (QED) is 0.520. The molecule has 1 aliphatic heterocycles. The summed E-state index contributed by atoms with van der Waals surface area (Å²) in [6.07, 6.45) is 7.34. The van der Waals surface area contributed by atoms with Gasteiger partial charge < -0.3 is 21.5 Å². The summed E-state index contributed by atoms with van der Waals surface area (Å²) >= 11 is 0. The molecule has 2 aliphatic carbocycles. The minimum absolute atomic E-state index is 0.100. The normalized spacial score (nSPS) is 31.9. The number of aliphatic hydroxyl groups excluding tert-OH is 1. The van der Waals surface area contributed by atoms with Gasteiger partial charge in [-0.2, -0.15) is 0 Å². The van der Waals surface area contributed by atoms with Gasteiger partial charge in [-0.15, -0.1) is 0 Å². The summed E-state index contributed by atoms with van der Waals surface area (Å²) in [6, 6.07) is -0.827. The Morgan fingerprint density at radius 3 is 2.35 bits per heavy atom. The molecule has 3 fully saturated rings. The molecule has 26 heavy (non-hydrogen) atoms. The number of hydrogen-bond donors (Lipinski definition) is 4. The third kappa shape index (κ3) is 3.77. The molecule has 0 bridgehead atoms. The maximum absolute atomic E-state index is 12.9. The van der Waals surface area contributed by atoms with Crippen LogP contribution in [0.4, 0.5) is 0 Å². The molecule has 2 amide bonds. The first-order chi connectivity index (χ1) is 12.3. The molecule has 6 heteroatoms. The smallest absolute Gasteiger partial charge is 0.248 e. The average Bonchev–Trinajstić information content (AvgIpc) is 2.93. The number of nitrogens with two attached hydrogens (primary N) is 1. The highest BCUT2D eigenvalue weighted by molar-refractivity contribution is 5.84. The van der Waals surface area contributed by atoms with E-state index in [1.807, 2.05) is 0 Å². The number of primary amides is 1. The van der Waals surface area contributed by atoms with E-state index < -0.39 is 18.1 Å². The SMILES string of the molecule is CC(C)[C@]1(C2CCC2)CN[C@H](C(=O)NC(CC2CCC2)C(O)C(N)=O)C1. The van der Waals surface area contributed by atoms with E-state index in [0.717, 1.165) is 25.8 Å². The topological polar surface area (TPSA) is 104 Å². The first-order valence-corrected chi connectivity index (χ1v) is 10.3. The highest BCUT2D eigenvalue weighted by atomic mass is 16.3. The van der Waals surface area contributed by atoms with Crippen molar-refractivity contribution < 1.29 is 14.7 Å². The van der Waals surface area contributed by atoms with Crippen LogP contribution in [0.15, 0.2) is 0 Å². The van der Waals surface area contributed by atoms with Crippen molar-refractivity contribution in [2.24, 2.45) is 28.9 Å². The van der Waals surface area contributed by atoms with E-state index in [4.69, 9.17) is 5.73 Å². The van der Waals surface area contributed by atoms with E-state index in [0.29, 0.717) is 24.2 Å². The zero-order valence-electron chi connectivity index (χ0n) is 16.2. The van der Waals surface area contributed by atoms with Crippen molar-refractivity contribution in [3.05, 3.63) is 0 Å². The standard InChI is InChI=1S/C20H35N3O3/c1-12(2)20(14-7-4-8-14)10-16(22-11-20)19(26)23-15(17(24)18(21)25)9-13-5-3-6-13/h12-17,22,24H,3-11H2,1-2H3,(H2,21,25)(H,23,26)/t15?,16-,17?,20+/m0/s1. The van der Waals surface area contributed by atoms with E-state index in [-0.39, 0.29) is 17.4 Å². The van der Waals surface area contributed by atoms with Gasteiger partial charge in [0.05, 0.1) is 12.1 Å². The number of carbonyl (C=O) groups excluding carboxylic acids is 2. The molecule has 3 aliphatic rings. The molecule has 148 valence electrons. The molecule has 1 saturated heterocycles. The van der Waals surface area contributed by atoms with Crippen LogP contribution in [0.25, 0.3) is 0 Å². The van der Waals surface area contributed by atoms with Gasteiger partial charge in [0, 0.05) is 6.54 Å². The van der Waals surface area contributed by atoms with Crippen LogP contribution in [0.2, 0.25) is 0 Å². The Morgan fingerprint density at radius 2 is 1.88 bits per heavy atom. The maximum Gasteiger partial charge on any atom is 0.248 e. The van der Waals surface area contributed by atoms with Gasteiger partial charge in [0.15, 0.2) is 6.10 Å². The lowest BCUT2D eigenvalue weighted by molar-refractivity contribution is -0.130. The maximum atomic E-state index is 12.9. The summed E-state index contributed by atoms with van der Waals surface area (Å²) in [6.45, 7) is 5.39. The number of amides is 2. The van der Waals surface area contributed by atoms with Crippen LogP contribution in [-0.2, 0) is 9.59 Å². The van der Waals surface area contributed by atoms with Gasteiger partial charge in [-0.1, -0.05) is 39.5 Å². The van der Waals surface area contributed by atoms with Crippen molar-refractivity contribution in [2.75, 3.05) is 6.54 Å². The van der Waals surface area contributed by atoms with E-state index in [1.54, 1.807) is 0 Å². The Kier molecular flexibility index (Phi) is 5.92. The molecular weight excluding hydrogens is 330 g/mol. The lowest BCUT2D eigenvalue weighted by Gasteiger charge is -2.45. The van der Waals surface area contributed by atoms with Crippen LogP contribution in [-0.4, -0.2) is 41.7 Å².